The van der Waals surface area contributed by atoms with Gasteiger partial charge in [-0.05, 0) is 17.7 Å². The molecule has 0 unspecified atom stereocenters. The van der Waals surface area contributed by atoms with Crippen LogP contribution in [0.25, 0.3) is 10.9 Å². The number of ether oxygens (including phenoxy) is 1. The molecule has 0 aliphatic heterocycles. The molecule has 0 amide bonds. The van der Waals surface area contributed by atoms with Crippen LogP contribution in [0.15, 0.2) is 53.3 Å². The van der Waals surface area contributed by atoms with Crippen LogP contribution in [0, 0.1) is 5.41 Å². The highest BCUT2D eigenvalue weighted by Crippen LogP contribution is 2.22. The highest BCUT2D eigenvalue weighted by atomic mass is 16.5. The summed E-state index contributed by atoms with van der Waals surface area (Å²) in [6.45, 7) is 5.85. The van der Waals surface area contributed by atoms with Gasteiger partial charge in [-0.1, -0.05) is 51.1 Å². The minimum absolute atomic E-state index is 0.162. The first-order valence-corrected chi connectivity index (χ1v) is 8.49. The molecule has 0 N–H and O–H groups in total. The molecule has 0 fully saturated rings. The molecule has 0 saturated carbocycles. The summed E-state index contributed by atoms with van der Waals surface area (Å²) in [6.07, 6.45) is 0. The maximum atomic E-state index is 12.6. The number of benzene rings is 2. The Balaban J connectivity index is 1.99. The largest absolute Gasteiger partial charge is 0.489 e. The quantitative estimate of drug-likeness (QED) is 0.673. The highest BCUT2D eigenvalue weighted by Gasteiger charge is 2.27. The van der Waals surface area contributed by atoms with E-state index in [2.05, 4.69) is 4.98 Å². The number of nitrogens with zero attached hydrogens (tertiary/aromatic N) is 2. The number of carbonyl (C=O) groups is 1. The number of fused-ring (bicyclic) bond motifs is 1. The SMILES string of the molecule is Cn1c(C(=O)C(C)(C)C)nc2cc(OCc3ccccc3)ccc2c1=O. The number of ketones is 1. The summed E-state index contributed by atoms with van der Waals surface area (Å²) >= 11 is 0. The molecule has 26 heavy (non-hydrogen) atoms. The van der Waals surface area contributed by atoms with Crippen LogP contribution in [0.1, 0.15) is 37.0 Å². The molecule has 0 atom stereocenters. The van der Waals surface area contributed by atoms with Crippen molar-refractivity contribution in [1.82, 2.24) is 9.55 Å². The highest BCUT2D eigenvalue weighted by molar-refractivity contribution is 5.98. The summed E-state index contributed by atoms with van der Waals surface area (Å²) in [5, 5.41) is 0.463. The lowest BCUT2D eigenvalue weighted by Gasteiger charge is -2.18. The van der Waals surface area contributed by atoms with E-state index in [1.807, 2.05) is 51.1 Å². The molecule has 0 aliphatic carbocycles. The molecule has 3 rings (SSSR count). The molecule has 0 bridgehead atoms. The zero-order valence-corrected chi connectivity index (χ0v) is 15.4. The van der Waals surface area contributed by atoms with E-state index in [1.54, 1.807) is 25.2 Å². The summed E-state index contributed by atoms with van der Waals surface area (Å²) in [5.74, 6) is 0.598. The van der Waals surface area contributed by atoms with Gasteiger partial charge in [0.05, 0.1) is 10.9 Å². The maximum Gasteiger partial charge on any atom is 0.261 e. The minimum atomic E-state index is -0.619. The fraction of sp³-hybridized carbons (Fsp3) is 0.286. The van der Waals surface area contributed by atoms with E-state index in [0.29, 0.717) is 23.3 Å². The van der Waals surface area contributed by atoms with Crippen molar-refractivity contribution in [1.29, 1.82) is 0 Å². The van der Waals surface area contributed by atoms with E-state index in [1.165, 1.54) is 4.57 Å². The van der Waals surface area contributed by atoms with Crippen molar-refractivity contribution in [3.63, 3.8) is 0 Å². The van der Waals surface area contributed by atoms with Gasteiger partial charge >= 0.3 is 0 Å². The second-order valence-corrected chi connectivity index (χ2v) is 7.33. The van der Waals surface area contributed by atoms with Crippen molar-refractivity contribution in [2.75, 3.05) is 0 Å². The predicted octanol–water partition coefficient (Wildman–Crippen LogP) is 3.74. The van der Waals surface area contributed by atoms with Crippen molar-refractivity contribution in [2.45, 2.75) is 27.4 Å². The molecule has 0 spiro atoms. The minimum Gasteiger partial charge on any atom is -0.489 e. The number of hydrogen-bond donors (Lipinski definition) is 0. The molecular formula is C21H22N2O3. The van der Waals surface area contributed by atoms with Gasteiger partial charge in [0.15, 0.2) is 5.82 Å². The van der Waals surface area contributed by atoms with Crippen LogP contribution in [0.3, 0.4) is 0 Å². The van der Waals surface area contributed by atoms with E-state index in [4.69, 9.17) is 4.74 Å². The van der Waals surface area contributed by atoms with Gasteiger partial charge in [-0.15, -0.1) is 0 Å². The fourth-order valence-electron chi connectivity index (χ4n) is 2.62. The standard InChI is InChI=1S/C21H22N2O3/c1-21(2,3)18(24)19-22-17-12-15(10-11-16(17)20(25)23(19)4)26-13-14-8-6-5-7-9-14/h5-12H,13H2,1-4H3. The van der Waals surface area contributed by atoms with E-state index >= 15 is 0 Å². The molecule has 0 saturated heterocycles. The first-order chi connectivity index (χ1) is 12.3. The fourth-order valence-corrected chi connectivity index (χ4v) is 2.62. The van der Waals surface area contributed by atoms with Crippen LogP contribution in [-0.2, 0) is 13.7 Å². The van der Waals surface area contributed by atoms with Gasteiger partial charge in [-0.2, -0.15) is 0 Å². The van der Waals surface area contributed by atoms with Crippen LogP contribution in [0.2, 0.25) is 0 Å². The molecule has 1 aromatic heterocycles. The number of carbonyl (C=O) groups excluding carboxylic acids is 1. The average Bonchev–Trinajstić information content (AvgIpc) is 2.62. The Morgan fingerprint density at radius 2 is 1.81 bits per heavy atom. The van der Waals surface area contributed by atoms with Crippen molar-refractivity contribution in [3.8, 4) is 5.75 Å². The zero-order chi connectivity index (χ0) is 18.9. The molecule has 2 aromatic carbocycles. The van der Waals surface area contributed by atoms with Crippen LogP contribution in [0.5, 0.6) is 5.75 Å². The topological polar surface area (TPSA) is 61.2 Å². The summed E-state index contributed by atoms with van der Waals surface area (Å²) in [6, 6.07) is 15.0. The zero-order valence-electron chi connectivity index (χ0n) is 15.4. The first kappa shape index (κ1) is 17.9. The Morgan fingerprint density at radius 1 is 1.12 bits per heavy atom. The Morgan fingerprint density at radius 3 is 2.46 bits per heavy atom. The van der Waals surface area contributed by atoms with Gasteiger partial charge in [-0.25, -0.2) is 4.98 Å². The molecule has 5 nitrogen and oxygen atoms in total. The van der Waals surface area contributed by atoms with Gasteiger partial charge in [0, 0.05) is 18.5 Å². The summed E-state index contributed by atoms with van der Waals surface area (Å²) in [4.78, 5) is 29.7. The molecule has 134 valence electrons. The molecular weight excluding hydrogens is 328 g/mol. The summed E-state index contributed by atoms with van der Waals surface area (Å²) in [5.41, 5.74) is 0.656. The second-order valence-electron chi connectivity index (χ2n) is 7.33. The monoisotopic (exact) mass is 350 g/mol. The van der Waals surface area contributed by atoms with Gasteiger partial charge in [0.1, 0.15) is 12.4 Å². The lowest BCUT2D eigenvalue weighted by atomic mass is 9.90. The lowest BCUT2D eigenvalue weighted by Crippen LogP contribution is -2.31. The Kier molecular flexibility index (Phi) is 4.64. The number of Topliss-reactive ketones (excluding diaryl/α,β-unsaturated/α-hetero) is 1. The number of aromatic nitrogens is 2. The normalized spacial score (nSPS) is 11.5. The van der Waals surface area contributed by atoms with Crippen molar-refractivity contribution < 1.29 is 9.53 Å². The van der Waals surface area contributed by atoms with Crippen molar-refractivity contribution >= 4 is 16.7 Å². The van der Waals surface area contributed by atoms with E-state index in [-0.39, 0.29) is 17.2 Å². The Labute approximate surface area is 152 Å². The van der Waals surface area contributed by atoms with E-state index < -0.39 is 5.41 Å². The molecule has 0 radical (unpaired) electrons. The number of hydrogen-bond acceptors (Lipinski definition) is 4. The third-order valence-electron chi connectivity index (χ3n) is 4.18. The van der Waals surface area contributed by atoms with Crippen LogP contribution in [0.4, 0.5) is 0 Å². The Hall–Kier alpha value is -2.95. The third-order valence-corrected chi connectivity index (χ3v) is 4.18. The first-order valence-electron chi connectivity index (χ1n) is 8.49. The number of rotatable bonds is 4. The smallest absolute Gasteiger partial charge is 0.261 e. The average molecular weight is 350 g/mol. The van der Waals surface area contributed by atoms with Crippen LogP contribution in [-0.4, -0.2) is 15.3 Å². The summed E-state index contributed by atoms with van der Waals surface area (Å²) in [7, 11) is 1.58. The van der Waals surface area contributed by atoms with E-state index in [0.717, 1.165) is 5.56 Å². The second kappa shape index (κ2) is 6.75. The van der Waals surface area contributed by atoms with Gasteiger partial charge in [0.2, 0.25) is 5.78 Å². The van der Waals surface area contributed by atoms with Gasteiger partial charge in [0.25, 0.3) is 5.56 Å². The van der Waals surface area contributed by atoms with Gasteiger partial charge in [-0.3, -0.25) is 14.2 Å². The third kappa shape index (κ3) is 3.52. The van der Waals surface area contributed by atoms with Crippen molar-refractivity contribution in [3.05, 3.63) is 70.3 Å². The summed E-state index contributed by atoms with van der Waals surface area (Å²) < 4.78 is 7.12. The molecule has 1 heterocycles. The van der Waals surface area contributed by atoms with Gasteiger partial charge < -0.3 is 4.74 Å². The molecule has 5 heteroatoms. The van der Waals surface area contributed by atoms with E-state index in [9.17, 15) is 9.59 Å². The van der Waals surface area contributed by atoms with Crippen molar-refractivity contribution in [2.24, 2.45) is 12.5 Å². The Bertz CT molecular complexity index is 1020. The molecule has 0 aliphatic rings. The molecule has 3 aromatic rings. The van der Waals surface area contributed by atoms with Crippen LogP contribution >= 0.6 is 0 Å². The lowest BCUT2D eigenvalue weighted by molar-refractivity contribution is 0.0842. The van der Waals surface area contributed by atoms with Crippen LogP contribution < -0.4 is 10.3 Å². The maximum absolute atomic E-state index is 12.6. The predicted molar refractivity (Wildman–Crippen MR) is 102 cm³/mol.